The third kappa shape index (κ3) is 8.90. The molecule has 1 aromatic carbocycles. The van der Waals surface area contributed by atoms with Crippen LogP contribution >= 0.6 is 0 Å². The van der Waals surface area contributed by atoms with Crippen LogP contribution in [0.25, 0.3) is 0 Å². The van der Waals surface area contributed by atoms with E-state index < -0.39 is 0 Å². The quantitative estimate of drug-likeness (QED) is 0.616. The Labute approximate surface area is 131 Å². The molecule has 21 heavy (non-hydrogen) atoms. The summed E-state index contributed by atoms with van der Waals surface area (Å²) in [6, 6.07) is 9.00. The van der Waals surface area contributed by atoms with Crippen molar-refractivity contribution in [2.24, 2.45) is 11.8 Å². The predicted molar refractivity (Wildman–Crippen MR) is 91.8 cm³/mol. The van der Waals surface area contributed by atoms with Crippen LogP contribution in [0, 0.1) is 18.8 Å². The van der Waals surface area contributed by atoms with Crippen LogP contribution in [0.5, 0.6) is 0 Å². The van der Waals surface area contributed by atoms with Crippen molar-refractivity contribution in [2.45, 2.75) is 46.5 Å². The second kappa shape index (κ2) is 10.8. The van der Waals surface area contributed by atoms with E-state index in [9.17, 15) is 0 Å². The van der Waals surface area contributed by atoms with E-state index in [0.717, 1.165) is 31.5 Å². The monoisotopic (exact) mass is 291 g/mol. The van der Waals surface area contributed by atoms with Gasteiger partial charge in [-0.2, -0.15) is 0 Å². The number of nitrogens with one attached hydrogen (secondary N) is 1. The second-order valence-corrected chi connectivity index (χ2v) is 6.60. The third-order valence-corrected chi connectivity index (χ3v) is 3.84. The summed E-state index contributed by atoms with van der Waals surface area (Å²) in [4.78, 5) is 0. The second-order valence-electron chi connectivity index (χ2n) is 6.60. The lowest BCUT2D eigenvalue weighted by Gasteiger charge is -2.19. The average molecular weight is 291 g/mol. The largest absolute Gasteiger partial charge is 0.385 e. The zero-order valence-corrected chi connectivity index (χ0v) is 14.3. The molecule has 0 spiro atoms. The molecule has 0 saturated heterocycles. The lowest BCUT2D eigenvalue weighted by molar-refractivity contribution is 0.190. The standard InChI is InChI=1S/C19H33NO/c1-16(2)14-20-15-19(7-5-6-12-21-4)13-18-10-8-17(3)9-11-18/h8-11,16,19-20H,5-7,12-15H2,1-4H3. The lowest BCUT2D eigenvalue weighted by atomic mass is 9.93. The van der Waals surface area contributed by atoms with Gasteiger partial charge >= 0.3 is 0 Å². The van der Waals surface area contributed by atoms with Crippen molar-refractivity contribution in [3.05, 3.63) is 35.4 Å². The summed E-state index contributed by atoms with van der Waals surface area (Å²) in [5.41, 5.74) is 2.80. The molecule has 1 unspecified atom stereocenters. The molecule has 0 aromatic heterocycles. The maximum Gasteiger partial charge on any atom is 0.0462 e. The summed E-state index contributed by atoms with van der Waals surface area (Å²) >= 11 is 0. The van der Waals surface area contributed by atoms with E-state index in [1.807, 2.05) is 0 Å². The number of methoxy groups -OCH3 is 1. The third-order valence-electron chi connectivity index (χ3n) is 3.84. The molecule has 2 heteroatoms. The summed E-state index contributed by atoms with van der Waals surface area (Å²) in [5, 5.41) is 3.63. The fourth-order valence-corrected chi connectivity index (χ4v) is 2.59. The van der Waals surface area contributed by atoms with Gasteiger partial charge in [0.1, 0.15) is 0 Å². The molecule has 0 aliphatic carbocycles. The Morgan fingerprint density at radius 1 is 1.05 bits per heavy atom. The number of unbranched alkanes of at least 4 members (excludes halogenated alkanes) is 1. The zero-order valence-electron chi connectivity index (χ0n) is 14.3. The molecule has 0 fully saturated rings. The highest BCUT2D eigenvalue weighted by atomic mass is 16.5. The SMILES string of the molecule is COCCCCC(CNCC(C)C)Cc1ccc(C)cc1. The van der Waals surface area contributed by atoms with E-state index in [4.69, 9.17) is 4.74 Å². The molecule has 0 amide bonds. The molecule has 1 rings (SSSR count). The average Bonchev–Trinajstić information content (AvgIpc) is 2.45. The molecule has 1 N–H and O–H groups in total. The van der Waals surface area contributed by atoms with Gasteiger partial charge in [0.15, 0.2) is 0 Å². The highest BCUT2D eigenvalue weighted by Crippen LogP contribution is 2.16. The number of rotatable bonds is 11. The molecule has 0 radical (unpaired) electrons. The molecule has 0 saturated carbocycles. The van der Waals surface area contributed by atoms with Crippen LogP contribution in [0.15, 0.2) is 24.3 Å². The minimum atomic E-state index is 0.721. The summed E-state index contributed by atoms with van der Waals surface area (Å²) < 4.78 is 5.15. The molecule has 0 bridgehead atoms. The normalized spacial score (nSPS) is 12.8. The van der Waals surface area contributed by atoms with Crippen LogP contribution in [-0.4, -0.2) is 26.8 Å². The maximum absolute atomic E-state index is 5.15. The van der Waals surface area contributed by atoms with E-state index in [1.54, 1.807) is 7.11 Å². The summed E-state index contributed by atoms with van der Waals surface area (Å²) in [6.45, 7) is 9.80. The Morgan fingerprint density at radius 3 is 2.38 bits per heavy atom. The van der Waals surface area contributed by atoms with Crippen LogP contribution in [0.4, 0.5) is 0 Å². The van der Waals surface area contributed by atoms with Gasteiger partial charge in [0, 0.05) is 13.7 Å². The molecule has 0 aliphatic rings. The summed E-state index contributed by atoms with van der Waals surface area (Å²) in [7, 11) is 1.79. The smallest absolute Gasteiger partial charge is 0.0462 e. The maximum atomic E-state index is 5.15. The topological polar surface area (TPSA) is 21.3 Å². The van der Waals surface area contributed by atoms with Crippen molar-refractivity contribution < 1.29 is 4.74 Å². The van der Waals surface area contributed by atoms with Crippen molar-refractivity contribution >= 4 is 0 Å². The van der Waals surface area contributed by atoms with Crippen molar-refractivity contribution in [1.29, 1.82) is 0 Å². The van der Waals surface area contributed by atoms with Crippen LogP contribution in [0.2, 0.25) is 0 Å². The zero-order chi connectivity index (χ0) is 15.5. The predicted octanol–water partition coefficient (Wildman–Crippen LogP) is 4.22. The number of hydrogen-bond acceptors (Lipinski definition) is 2. The van der Waals surface area contributed by atoms with Gasteiger partial charge < -0.3 is 10.1 Å². The Bertz CT molecular complexity index is 358. The molecular formula is C19H33NO. The van der Waals surface area contributed by atoms with Gasteiger partial charge in [0.25, 0.3) is 0 Å². The number of aryl methyl sites for hydroxylation is 1. The van der Waals surface area contributed by atoms with Gasteiger partial charge in [-0.1, -0.05) is 50.1 Å². The Hall–Kier alpha value is -0.860. The minimum absolute atomic E-state index is 0.721. The lowest BCUT2D eigenvalue weighted by Crippen LogP contribution is -2.27. The van der Waals surface area contributed by atoms with Crippen molar-refractivity contribution in [1.82, 2.24) is 5.32 Å². The first-order valence-electron chi connectivity index (χ1n) is 8.37. The number of benzene rings is 1. The van der Waals surface area contributed by atoms with E-state index in [1.165, 1.54) is 36.8 Å². The van der Waals surface area contributed by atoms with Crippen LogP contribution in [0.3, 0.4) is 0 Å². The van der Waals surface area contributed by atoms with Crippen LogP contribution in [-0.2, 0) is 11.2 Å². The fraction of sp³-hybridized carbons (Fsp3) is 0.684. The Morgan fingerprint density at radius 2 is 1.76 bits per heavy atom. The molecule has 1 atom stereocenters. The van der Waals surface area contributed by atoms with E-state index in [2.05, 4.69) is 50.4 Å². The van der Waals surface area contributed by atoms with Gasteiger partial charge in [-0.3, -0.25) is 0 Å². The first kappa shape index (κ1) is 18.2. The van der Waals surface area contributed by atoms with Crippen molar-refractivity contribution in [3.63, 3.8) is 0 Å². The first-order chi connectivity index (χ1) is 10.1. The highest BCUT2D eigenvalue weighted by molar-refractivity contribution is 5.21. The van der Waals surface area contributed by atoms with Crippen LogP contribution in [0.1, 0.15) is 44.2 Å². The van der Waals surface area contributed by atoms with E-state index in [-0.39, 0.29) is 0 Å². The van der Waals surface area contributed by atoms with Crippen molar-refractivity contribution in [3.8, 4) is 0 Å². The van der Waals surface area contributed by atoms with E-state index in [0.29, 0.717) is 0 Å². The number of hydrogen-bond donors (Lipinski definition) is 1. The fourth-order valence-electron chi connectivity index (χ4n) is 2.59. The van der Waals surface area contributed by atoms with Crippen LogP contribution < -0.4 is 5.32 Å². The summed E-state index contributed by atoms with van der Waals surface area (Å²) in [5.74, 6) is 1.45. The van der Waals surface area contributed by atoms with Gasteiger partial charge in [-0.05, 0) is 56.7 Å². The van der Waals surface area contributed by atoms with E-state index >= 15 is 0 Å². The highest BCUT2D eigenvalue weighted by Gasteiger charge is 2.10. The number of ether oxygens (including phenoxy) is 1. The Kier molecular flexibility index (Phi) is 9.36. The molecule has 0 heterocycles. The first-order valence-corrected chi connectivity index (χ1v) is 8.37. The molecule has 0 aliphatic heterocycles. The molecule has 1 aromatic rings. The van der Waals surface area contributed by atoms with Gasteiger partial charge in [-0.25, -0.2) is 0 Å². The molecule has 2 nitrogen and oxygen atoms in total. The molecule has 120 valence electrons. The minimum Gasteiger partial charge on any atom is -0.385 e. The van der Waals surface area contributed by atoms with Crippen molar-refractivity contribution in [2.75, 3.05) is 26.8 Å². The Balaban J connectivity index is 2.43. The van der Waals surface area contributed by atoms with Gasteiger partial charge in [-0.15, -0.1) is 0 Å². The molecular weight excluding hydrogens is 258 g/mol. The van der Waals surface area contributed by atoms with Gasteiger partial charge in [0.2, 0.25) is 0 Å². The van der Waals surface area contributed by atoms with Gasteiger partial charge in [0.05, 0.1) is 0 Å². The summed E-state index contributed by atoms with van der Waals surface area (Å²) in [6.07, 6.45) is 4.89.